The van der Waals surface area contributed by atoms with E-state index in [0.717, 1.165) is 18.4 Å². The molecule has 1 aromatic rings. The average molecular weight is 379 g/mol. The van der Waals surface area contributed by atoms with Crippen LogP contribution in [0.1, 0.15) is 46.1 Å². The van der Waals surface area contributed by atoms with E-state index in [2.05, 4.69) is 37.6 Å². The largest absolute Gasteiger partial charge is 0.526 e. The van der Waals surface area contributed by atoms with Gasteiger partial charge in [0, 0.05) is 10.6 Å². The van der Waals surface area contributed by atoms with Gasteiger partial charge in [-0.25, -0.2) is 0 Å². The minimum Gasteiger partial charge on any atom is -0.344 e. The molecule has 0 amide bonds. The highest BCUT2D eigenvalue weighted by Gasteiger charge is 2.33. The molecule has 1 aliphatic rings. The highest BCUT2D eigenvalue weighted by molar-refractivity contribution is 7.17. The molecule has 0 saturated carbocycles. The van der Waals surface area contributed by atoms with Crippen molar-refractivity contribution < 1.29 is 18.9 Å². The molecule has 0 saturated heterocycles. The van der Waals surface area contributed by atoms with Crippen molar-refractivity contribution in [3.63, 3.8) is 0 Å². The summed E-state index contributed by atoms with van der Waals surface area (Å²) in [5.74, 6) is -0.953. The molecule has 0 aromatic heterocycles. The molecule has 1 aliphatic carbocycles. The third-order valence-corrected chi connectivity index (χ3v) is 5.17. The second-order valence-corrected chi connectivity index (χ2v) is 7.94. The molecule has 142 valence electrons. The van der Waals surface area contributed by atoms with Crippen molar-refractivity contribution in [3.05, 3.63) is 59.7 Å². The molecule has 26 heavy (non-hydrogen) atoms. The first-order valence-electron chi connectivity index (χ1n) is 9.52. The standard InChI is InChI=1S/C21H30O4P/c1-17-9-8-14-20(2,3)19(17)12-15-21(4,24-25-26-22)23-16-13-18-10-6-5-7-11-18/h5-7,9-12,15,19,26H,8,13-14,16H2,1-4H3/q+1/b15-12+/i26T. The van der Waals surface area contributed by atoms with Gasteiger partial charge in [-0.2, -0.15) is 0 Å². The van der Waals surface area contributed by atoms with Crippen LogP contribution in [-0.4, -0.2) is 13.7 Å². The highest BCUT2D eigenvalue weighted by Crippen LogP contribution is 2.42. The van der Waals surface area contributed by atoms with Crippen molar-refractivity contribution in [1.29, 1.82) is 1.28 Å². The fourth-order valence-corrected chi connectivity index (χ4v) is 3.64. The van der Waals surface area contributed by atoms with Gasteiger partial charge >= 0.3 is 9.91 Å². The zero-order valence-corrected chi connectivity index (χ0v) is 17.0. The van der Waals surface area contributed by atoms with Gasteiger partial charge in [0.25, 0.3) is 0 Å². The van der Waals surface area contributed by atoms with Crippen LogP contribution >= 0.6 is 8.63 Å². The second-order valence-electron chi connectivity index (χ2n) is 7.64. The summed E-state index contributed by atoms with van der Waals surface area (Å²) in [4.78, 5) is 5.22. The molecule has 1 aromatic carbocycles. The average Bonchev–Trinajstić information content (AvgIpc) is 2.60. The van der Waals surface area contributed by atoms with Crippen LogP contribution in [0.15, 0.2) is 54.1 Å². The van der Waals surface area contributed by atoms with Gasteiger partial charge < -0.3 is 4.74 Å². The molecule has 0 radical (unpaired) electrons. The van der Waals surface area contributed by atoms with E-state index in [0.29, 0.717) is 13.0 Å². The van der Waals surface area contributed by atoms with Gasteiger partial charge in [-0.1, -0.05) is 61.9 Å². The first-order chi connectivity index (χ1) is 12.7. The maximum Gasteiger partial charge on any atom is 0.526 e. The zero-order valence-electron chi connectivity index (χ0n) is 17.1. The van der Waals surface area contributed by atoms with Crippen molar-refractivity contribution in [2.24, 2.45) is 11.3 Å². The monoisotopic (exact) mass is 379 g/mol. The molecule has 0 fully saturated rings. The van der Waals surface area contributed by atoms with Gasteiger partial charge in [-0.3, -0.25) is 0 Å². The molecule has 0 spiro atoms. The Hall–Kier alpha value is -1.32. The lowest BCUT2D eigenvalue weighted by Crippen LogP contribution is -2.32. The zero-order chi connectivity index (χ0) is 19.9. The first kappa shape index (κ1) is 19.4. The van der Waals surface area contributed by atoms with E-state index >= 15 is 0 Å². The van der Waals surface area contributed by atoms with Crippen LogP contribution in [0.3, 0.4) is 0 Å². The van der Waals surface area contributed by atoms with Crippen LogP contribution in [-0.2, 0) is 25.3 Å². The van der Waals surface area contributed by atoms with Crippen LogP contribution in [0.4, 0.5) is 0 Å². The van der Waals surface area contributed by atoms with E-state index in [1.165, 1.54) is 5.57 Å². The van der Waals surface area contributed by atoms with E-state index < -0.39 is 14.4 Å². The van der Waals surface area contributed by atoms with Gasteiger partial charge in [-0.15, -0.1) is 4.89 Å². The highest BCUT2D eigenvalue weighted by atomic mass is 31.1. The predicted octanol–water partition coefficient (Wildman–Crippen LogP) is 5.79. The number of hydrogen-bond donors (Lipinski definition) is 0. The first-order valence-corrected chi connectivity index (χ1v) is 9.81. The van der Waals surface area contributed by atoms with Crippen molar-refractivity contribution in [2.75, 3.05) is 6.61 Å². The van der Waals surface area contributed by atoms with Crippen LogP contribution in [0.2, 0.25) is 0 Å². The SMILES string of the molecule is [3H][P+](=O)OOC(C)(/C=C/C1C(C)=CCCC1(C)C)OCCc1ccccc1. The Morgan fingerprint density at radius 1 is 1.38 bits per heavy atom. The van der Waals surface area contributed by atoms with Gasteiger partial charge in [0.1, 0.15) is 0 Å². The normalized spacial score (nSPS) is 23.2. The van der Waals surface area contributed by atoms with E-state index in [-0.39, 0.29) is 11.3 Å². The summed E-state index contributed by atoms with van der Waals surface area (Å²) >= 11 is 0. The third-order valence-electron chi connectivity index (χ3n) is 5.03. The molecule has 3 unspecified atom stereocenters. The van der Waals surface area contributed by atoms with Crippen LogP contribution in [0.25, 0.3) is 0 Å². The second kappa shape index (κ2) is 9.57. The Kier molecular flexibility index (Phi) is 7.15. The molecule has 2 rings (SSSR count). The lowest BCUT2D eigenvalue weighted by atomic mass is 9.68. The third kappa shape index (κ3) is 6.14. The maximum absolute atomic E-state index is 11.0. The van der Waals surface area contributed by atoms with Crippen molar-refractivity contribution in [1.82, 2.24) is 0 Å². The number of benzene rings is 1. The minimum atomic E-state index is -2.62. The maximum atomic E-state index is 11.0. The Labute approximate surface area is 159 Å². The number of ether oxygens (including phenoxy) is 1. The summed E-state index contributed by atoms with van der Waals surface area (Å²) in [7, 11) is -2.62. The van der Waals surface area contributed by atoms with Gasteiger partial charge in [0.05, 0.1) is 6.61 Å². The van der Waals surface area contributed by atoms with Crippen molar-refractivity contribution >= 4 is 8.63 Å². The van der Waals surface area contributed by atoms with E-state index in [1.54, 1.807) is 6.92 Å². The molecule has 0 bridgehead atoms. The summed E-state index contributed by atoms with van der Waals surface area (Å²) in [6.45, 7) is 8.77. The van der Waals surface area contributed by atoms with Gasteiger partial charge in [0.15, 0.2) is 0 Å². The smallest absolute Gasteiger partial charge is 0.344 e. The van der Waals surface area contributed by atoms with E-state index in [9.17, 15) is 4.57 Å². The Morgan fingerprint density at radius 2 is 2.12 bits per heavy atom. The minimum absolute atomic E-state index is 0.141. The summed E-state index contributed by atoms with van der Waals surface area (Å²) in [5.41, 5.74) is 2.62. The molecule has 4 nitrogen and oxygen atoms in total. The van der Waals surface area contributed by atoms with E-state index in [4.69, 9.17) is 10.9 Å². The molecule has 0 aliphatic heterocycles. The van der Waals surface area contributed by atoms with Crippen LogP contribution < -0.4 is 0 Å². The number of rotatable bonds is 9. The number of hydrogen-bond acceptors (Lipinski definition) is 4. The van der Waals surface area contributed by atoms with Crippen molar-refractivity contribution in [3.8, 4) is 0 Å². The molecule has 0 heterocycles. The molecular formula is C21H30O4P+. The van der Waals surface area contributed by atoms with E-state index in [1.807, 2.05) is 36.4 Å². The molecule has 5 heteroatoms. The Morgan fingerprint density at radius 3 is 2.77 bits per heavy atom. The summed E-state index contributed by atoms with van der Waals surface area (Å²) in [6.07, 6.45) is 9.08. The Bertz CT molecular complexity index is 687. The molecule has 0 N–H and O–H groups in total. The van der Waals surface area contributed by atoms with Crippen LogP contribution in [0.5, 0.6) is 0 Å². The van der Waals surface area contributed by atoms with Gasteiger partial charge in [-0.05, 0) is 54.7 Å². The number of allylic oxidation sites excluding steroid dienone is 3. The summed E-state index contributed by atoms with van der Waals surface area (Å²) < 4.78 is 28.6. The molecular weight excluding hydrogens is 347 g/mol. The predicted molar refractivity (Wildman–Crippen MR) is 105 cm³/mol. The van der Waals surface area contributed by atoms with Gasteiger partial charge in [0.2, 0.25) is 5.79 Å². The summed E-state index contributed by atoms with van der Waals surface area (Å²) in [5, 5.41) is 0. The quantitative estimate of drug-likeness (QED) is 0.179. The topological polar surface area (TPSA) is 44.8 Å². The summed E-state index contributed by atoms with van der Waals surface area (Å²) in [6, 6.07) is 10.0. The fourth-order valence-electron chi connectivity index (χ4n) is 3.46. The van der Waals surface area contributed by atoms with Crippen molar-refractivity contribution in [2.45, 2.75) is 52.7 Å². The lowest BCUT2D eigenvalue weighted by molar-refractivity contribution is -0.348. The fraction of sp³-hybridized carbons (Fsp3) is 0.524. The van der Waals surface area contributed by atoms with Crippen LogP contribution in [0, 0.1) is 11.3 Å². The lowest BCUT2D eigenvalue weighted by Gasteiger charge is -2.37. The Balaban J connectivity index is 2.08. The molecule has 3 atom stereocenters.